The van der Waals surface area contributed by atoms with E-state index < -0.39 is 21.3 Å². The molecule has 0 saturated carbocycles. The van der Waals surface area contributed by atoms with Crippen molar-refractivity contribution in [2.45, 2.75) is 23.9 Å². The van der Waals surface area contributed by atoms with Crippen LogP contribution in [0.2, 0.25) is 0 Å². The molecule has 0 radical (unpaired) electrons. The number of benzene rings is 2. The van der Waals surface area contributed by atoms with Gasteiger partial charge in [0.25, 0.3) is 0 Å². The SMILES string of the molecule is COc1ccc2c(c1)[CH]([Zr+2]([C]1=CC=CC1)=[C](C)C)c1cc(OC)ccc1-2.[Cl-].[Cl-]. The average Bonchev–Trinajstić information content (AvgIpc) is 3.28. The van der Waals surface area contributed by atoms with Crippen LogP contribution in [-0.4, -0.2) is 17.4 Å². The molecule has 0 aromatic heterocycles. The molecule has 0 atom stereocenters. The van der Waals surface area contributed by atoms with Crippen LogP contribution in [0, 0.1) is 0 Å². The van der Waals surface area contributed by atoms with Crippen LogP contribution < -0.4 is 34.3 Å². The van der Waals surface area contributed by atoms with E-state index >= 15 is 0 Å². The van der Waals surface area contributed by atoms with E-state index in [0.29, 0.717) is 3.63 Å². The Morgan fingerprint density at radius 3 is 1.82 bits per heavy atom. The molecule has 0 heterocycles. The maximum atomic E-state index is 5.56. The Morgan fingerprint density at radius 2 is 1.43 bits per heavy atom. The summed E-state index contributed by atoms with van der Waals surface area (Å²) in [5.41, 5.74) is 5.60. The number of rotatable bonds is 4. The molecule has 0 bridgehead atoms. The number of hydrogen-bond acceptors (Lipinski definition) is 2. The summed E-state index contributed by atoms with van der Waals surface area (Å²) >= 11 is -2.06. The van der Waals surface area contributed by atoms with Crippen molar-refractivity contribution in [3.05, 3.63) is 69.0 Å². The Hall–Kier alpha value is -1.15. The standard InChI is InChI=1S/C15H13O2.C5H5.C3H6.2ClH.Zr/c1-16-12-3-5-14-10(8-12)7-11-9-13(17-2)4-6-15(11)14;1-2-4-5-3-1;1-3-2;;;/h3-9H,1-2H3;1-3H,4H2;1-2H3;2*1H;/q;;;;;+2/p-2. The van der Waals surface area contributed by atoms with Crippen molar-refractivity contribution >= 4 is 3.21 Å². The molecule has 0 unspecified atom stereocenters. The van der Waals surface area contributed by atoms with E-state index in [1.165, 1.54) is 22.3 Å². The topological polar surface area (TPSA) is 18.5 Å². The summed E-state index contributed by atoms with van der Waals surface area (Å²) in [6, 6.07) is 13.1. The normalized spacial score (nSPS) is 13.3. The van der Waals surface area contributed by atoms with Crippen LogP contribution in [0.25, 0.3) is 11.1 Å². The Bertz CT molecular complexity index is 919. The largest absolute Gasteiger partial charge is 1.00 e. The van der Waals surface area contributed by atoms with E-state index in [-0.39, 0.29) is 24.8 Å². The zero-order valence-electron chi connectivity index (χ0n) is 16.6. The Labute approximate surface area is 187 Å². The van der Waals surface area contributed by atoms with Crippen LogP contribution in [0.5, 0.6) is 11.5 Å². The van der Waals surface area contributed by atoms with Crippen molar-refractivity contribution in [3.63, 3.8) is 0 Å². The van der Waals surface area contributed by atoms with Gasteiger partial charge in [0.05, 0.1) is 0 Å². The molecule has 2 aromatic rings. The molecule has 4 rings (SSSR count). The minimum atomic E-state index is -2.06. The maximum Gasteiger partial charge on any atom is -1.00 e. The van der Waals surface area contributed by atoms with E-state index in [9.17, 15) is 0 Å². The molecule has 2 aliphatic rings. The number of ether oxygens (including phenoxy) is 2. The van der Waals surface area contributed by atoms with Gasteiger partial charge in [0, 0.05) is 0 Å². The molecule has 2 aliphatic carbocycles. The fourth-order valence-electron chi connectivity index (χ4n) is 4.22. The van der Waals surface area contributed by atoms with E-state index in [0.717, 1.165) is 17.9 Å². The minimum Gasteiger partial charge on any atom is -1.00 e. The van der Waals surface area contributed by atoms with Gasteiger partial charge in [0.1, 0.15) is 0 Å². The van der Waals surface area contributed by atoms with Gasteiger partial charge < -0.3 is 24.8 Å². The van der Waals surface area contributed by atoms with E-state index in [1.807, 2.05) is 0 Å². The third kappa shape index (κ3) is 3.95. The first-order valence-corrected chi connectivity index (χ1v) is 12.9. The summed E-state index contributed by atoms with van der Waals surface area (Å²) in [6.07, 6.45) is 8.02. The van der Waals surface area contributed by atoms with Crippen molar-refractivity contribution in [1.29, 1.82) is 0 Å². The van der Waals surface area contributed by atoms with Crippen molar-refractivity contribution in [2.24, 2.45) is 0 Å². The van der Waals surface area contributed by atoms with Crippen molar-refractivity contribution in [3.8, 4) is 22.6 Å². The molecule has 5 heteroatoms. The molecular formula is C23H24Cl2O2Zr. The molecule has 28 heavy (non-hydrogen) atoms. The predicted molar refractivity (Wildman–Crippen MR) is 105 cm³/mol. The predicted octanol–water partition coefficient (Wildman–Crippen LogP) is -0.544. The summed E-state index contributed by atoms with van der Waals surface area (Å²) in [4.78, 5) is 0. The number of fused-ring (bicyclic) bond motifs is 3. The van der Waals surface area contributed by atoms with E-state index in [1.54, 1.807) is 20.7 Å². The summed E-state index contributed by atoms with van der Waals surface area (Å²) in [5, 5.41) is 0. The first kappa shape index (κ1) is 23.1. The summed E-state index contributed by atoms with van der Waals surface area (Å²) in [6.45, 7) is 4.68. The molecule has 2 aromatic carbocycles. The second-order valence-electron chi connectivity index (χ2n) is 7.08. The van der Waals surface area contributed by atoms with Gasteiger partial charge in [-0.05, 0) is 0 Å². The Kier molecular flexibility index (Phi) is 7.91. The van der Waals surface area contributed by atoms with Gasteiger partial charge >= 0.3 is 164 Å². The van der Waals surface area contributed by atoms with Crippen LogP contribution in [0.1, 0.15) is 35.0 Å². The van der Waals surface area contributed by atoms with Gasteiger partial charge in [0.2, 0.25) is 0 Å². The van der Waals surface area contributed by atoms with Crippen molar-refractivity contribution in [1.82, 2.24) is 0 Å². The smallest absolute Gasteiger partial charge is 1.00 e. The number of methoxy groups -OCH3 is 2. The molecule has 0 saturated heterocycles. The van der Waals surface area contributed by atoms with Crippen LogP contribution in [0.15, 0.2) is 57.9 Å². The van der Waals surface area contributed by atoms with E-state index in [4.69, 9.17) is 9.47 Å². The second-order valence-corrected chi connectivity index (χ2v) is 14.6. The number of hydrogen-bond donors (Lipinski definition) is 0. The molecule has 0 spiro atoms. The molecule has 2 nitrogen and oxygen atoms in total. The Morgan fingerprint density at radius 1 is 0.893 bits per heavy atom. The first-order chi connectivity index (χ1) is 12.6. The van der Waals surface area contributed by atoms with Gasteiger partial charge in [0.15, 0.2) is 0 Å². The molecular weight excluding hydrogens is 470 g/mol. The van der Waals surface area contributed by atoms with Crippen LogP contribution >= 0.6 is 0 Å². The van der Waals surface area contributed by atoms with Gasteiger partial charge in [-0.1, -0.05) is 0 Å². The summed E-state index contributed by atoms with van der Waals surface area (Å²) in [7, 11) is 3.50. The monoisotopic (exact) mass is 492 g/mol. The second kappa shape index (κ2) is 9.57. The van der Waals surface area contributed by atoms with Gasteiger partial charge in [-0.2, -0.15) is 0 Å². The zero-order chi connectivity index (χ0) is 18.3. The zero-order valence-corrected chi connectivity index (χ0v) is 20.5. The summed E-state index contributed by atoms with van der Waals surface area (Å²) < 4.78 is 14.9. The van der Waals surface area contributed by atoms with Crippen molar-refractivity contribution < 1.29 is 55.6 Å². The van der Waals surface area contributed by atoms with E-state index in [2.05, 4.69) is 68.5 Å². The van der Waals surface area contributed by atoms with Crippen LogP contribution in [0.3, 0.4) is 0 Å². The molecule has 0 N–H and O–H groups in total. The third-order valence-corrected chi connectivity index (χ3v) is 13.6. The summed E-state index contributed by atoms with van der Waals surface area (Å²) in [5.74, 6) is 1.90. The fraction of sp³-hybridized carbons (Fsp3) is 0.261. The fourth-order valence-corrected chi connectivity index (χ4v) is 12.3. The molecule has 0 amide bonds. The molecule has 146 valence electrons. The van der Waals surface area contributed by atoms with Crippen LogP contribution in [0.4, 0.5) is 0 Å². The maximum absolute atomic E-state index is 5.56. The quantitative estimate of drug-likeness (QED) is 0.569. The van der Waals surface area contributed by atoms with Crippen LogP contribution in [-0.2, 0) is 21.3 Å². The Balaban J connectivity index is 0.00000140. The van der Waals surface area contributed by atoms with Gasteiger partial charge in [-0.3, -0.25) is 0 Å². The van der Waals surface area contributed by atoms with Gasteiger partial charge in [-0.25, -0.2) is 0 Å². The first-order valence-electron chi connectivity index (χ1n) is 9.03. The van der Waals surface area contributed by atoms with Crippen molar-refractivity contribution in [2.75, 3.05) is 14.2 Å². The average molecular weight is 495 g/mol. The molecule has 0 aliphatic heterocycles. The number of allylic oxidation sites excluding steroid dienone is 4. The minimum absolute atomic E-state index is 0. The number of halogens is 2. The van der Waals surface area contributed by atoms with Gasteiger partial charge in [-0.15, -0.1) is 0 Å². The molecule has 0 fully saturated rings. The third-order valence-electron chi connectivity index (χ3n) is 5.37.